The van der Waals surface area contributed by atoms with Crippen molar-refractivity contribution in [1.29, 1.82) is 0 Å². The second kappa shape index (κ2) is 8.38. The van der Waals surface area contributed by atoms with Gasteiger partial charge in [-0.05, 0) is 75.9 Å². The summed E-state index contributed by atoms with van der Waals surface area (Å²) in [6.07, 6.45) is 9.02. The number of hydrogen-bond donors (Lipinski definition) is 0. The van der Waals surface area contributed by atoms with Crippen LogP contribution in [0.25, 0.3) is 0 Å². The predicted molar refractivity (Wildman–Crippen MR) is 105 cm³/mol. The molecule has 0 aromatic heterocycles. The molecule has 0 aliphatic carbocycles. The monoisotopic (exact) mass is 376 g/mol. The van der Waals surface area contributed by atoms with E-state index >= 15 is 0 Å². The Morgan fingerprint density at radius 3 is 2.46 bits per heavy atom. The highest BCUT2D eigenvalue weighted by molar-refractivity contribution is 7.80. The minimum absolute atomic E-state index is 0.519. The highest BCUT2D eigenvalue weighted by Crippen LogP contribution is 2.40. The van der Waals surface area contributed by atoms with E-state index in [1.165, 1.54) is 61.4 Å². The number of nitrogens with zero attached hydrogens (tertiary/aromatic N) is 3. The molecule has 1 aromatic carbocycles. The summed E-state index contributed by atoms with van der Waals surface area (Å²) in [5, 5.41) is 0. The van der Waals surface area contributed by atoms with Gasteiger partial charge in [0, 0.05) is 42.1 Å². The van der Waals surface area contributed by atoms with Crippen molar-refractivity contribution in [3.05, 3.63) is 29.8 Å². The number of hydrogen-bond acceptors (Lipinski definition) is 4. The molecule has 4 rings (SSSR count). The van der Waals surface area contributed by atoms with E-state index in [0.717, 1.165) is 31.4 Å². The first kappa shape index (κ1) is 18.4. The lowest BCUT2D eigenvalue weighted by atomic mass is 10.0. The molecule has 3 saturated heterocycles. The van der Waals surface area contributed by atoms with E-state index in [9.17, 15) is 8.76 Å². The topological polar surface area (TPSA) is 49.9 Å². The van der Waals surface area contributed by atoms with Crippen molar-refractivity contribution in [2.45, 2.75) is 57.0 Å². The van der Waals surface area contributed by atoms with E-state index in [1.807, 2.05) is 12.1 Å². The third-order valence-electron chi connectivity index (χ3n) is 6.41. The van der Waals surface area contributed by atoms with Gasteiger partial charge in [-0.2, -0.15) is 0 Å². The summed E-state index contributed by atoms with van der Waals surface area (Å²) in [6.45, 7) is 4.75. The normalized spacial score (nSPS) is 28.2. The molecule has 0 N–H and O–H groups in total. The maximum Gasteiger partial charge on any atom is 0.0483 e. The average molecular weight is 377 g/mol. The molecule has 3 fully saturated rings. The molecular formula is C20H30N3O2S-. The Morgan fingerprint density at radius 2 is 1.73 bits per heavy atom. The summed E-state index contributed by atoms with van der Waals surface area (Å²) in [6, 6.07) is 9.56. The molecule has 0 amide bonds. The molecule has 1 aromatic rings. The molecule has 3 unspecified atom stereocenters. The van der Waals surface area contributed by atoms with Crippen LogP contribution in [0.2, 0.25) is 0 Å². The Morgan fingerprint density at radius 1 is 1.00 bits per heavy atom. The highest BCUT2D eigenvalue weighted by Gasteiger charge is 2.35. The number of anilines is 1. The summed E-state index contributed by atoms with van der Waals surface area (Å²) in [7, 11) is 0. The second-order valence-corrected chi connectivity index (χ2v) is 8.82. The van der Waals surface area contributed by atoms with Crippen molar-refractivity contribution in [2.75, 3.05) is 37.0 Å². The van der Waals surface area contributed by atoms with Crippen molar-refractivity contribution in [3.63, 3.8) is 0 Å². The van der Waals surface area contributed by atoms with Crippen molar-refractivity contribution >= 4 is 17.0 Å². The lowest BCUT2D eigenvalue weighted by molar-refractivity contribution is 0.150. The molecule has 26 heavy (non-hydrogen) atoms. The molecule has 3 heterocycles. The van der Waals surface area contributed by atoms with Gasteiger partial charge in [0.15, 0.2) is 0 Å². The molecule has 0 radical (unpaired) electrons. The zero-order valence-corrected chi connectivity index (χ0v) is 16.3. The standard InChI is InChI=1S/C20H31N3O2S/c24-26(25)23(16-15-21-12-3-4-13-21)19-8-6-17(7-9-19)20-11-10-18-5-1-2-14-22(18)20/h6-9,18,20H,1-5,10-16H2,(H,24,25)/p-1. The molecule has 0 bridgehead atoms. The van der Waals surface area contributed by atoms with Gasteiger partial charge >= 0.3 is 0 Å². The molecule has 3 atom stereocenters. The maximum absolute atomic E-state index is 11.7. The quantitative estimate of drug-likeness (QED) is 0.716. The smallest absolute Gasteiger partial charge is 0.0483 e. The lowest BCUT2D eigenvalue weighted by Gasteiger charge is -2.34. The Bertz CT molecular complexity index is 618. The molecule has 0 saturated carbocycles. The first-order valence-electron chi connectivity index (χ1n) is 10.2. The average Bonchev–Trinajstić information content (AvgIpc) is 3.32. The molecule has 5 nitrogen and oxygen atoms in total. The summed E-state index contributed by atoms with van der Waals surface area (Å²) >= 11 is -2.22. The zero-order valence-electron chi connectivity index (χ0n) is 15.5. The van der Waals surface area contributed by atoms with Crippen LogP contribution in [-0.4, -0.2) is 57.3 Å². The van der Waals surface area contributed by atoms with Crippen molar-refractivity contribution in [3.8, 4) is 0 Å². The van der Waals surface area contributed by atoms with E-state index < -0.39 is 11.3 Å². The second-order valence-electron chi connectivity index (χ2n) is 7.94. The van der Waals surface area contributed by atoms with Crippen LogP contribution in [0, 0.1) is 0 Å². The Hall–Kier alpha value is -0.950. The molecular weight excluding hydrogens is 346 g/mol. The third kappa shape index (κ3) is 3.98. The highest BCUT2D eigenvalue weighted by atomic mass is 32.2. The van der Waals surface area contributed by atoms with Crippen molar-refractivity contribution in [1.82, 2.24) is 9.80 Å². The number of benzene rings is 1. The minimum Gasteiger partial charge on any atom is -0.755 e. The van der Waals surface area contributed by atoms with Gasteiger partial charge in [-0.1, -0.05) is 18.6 Å². The van der Waals surface area contributed by atoms with Gasteiger partial charge in [0.2, 0.25) is 0 Å². The maximum atomic E-state index is 11.7. The van der Waals surface area contributed by atoms with E-state index in [0.29, 0.717) is 12.6 Å². The van der Waals surface area contributed by atoms with Gasteiger partial charge in [0.1, 0.15) is 0 Å². The summed E-state index contributed by atoms with van der Waals surface area (Å²) in [4.78, 5) is 5.03. The van der Waals surface area contributed by atoms with Crippen LogP contribution in [0.4, 0.5) is 5.69 Å². The van der Waals surface area contributed by atoms with Gasteiger partial charge in [-0.15, -0.1) is 0 Å². The van der Waals surface area contributed by atoms with Crippen LogP contribution in [0.3, 0.4) is 0 Å². The van der Waals surface area contributed by atoms with Crippen molar-refractivity contribution in [2.24, 2.45) is 0 Å². The Balaban J connectivity index is 1.42. The van der Waals surface area contributed by atoms with Gasteiger partial charge in [-0.3, -0.25) is 9.11 Å². The van der Waals surface area contributed by atoms with E-state index in [4.69, 9.17) is 0 Å². The fourth-order valence-corrected chi connectivity index (χ4v) is 5.53. The minimum atomic E-state index is -2.22. The number of rotatable bonds is 6. The third-order valence-corrected chi connectivity index (χ3v) is 7.16. The van der Waals surface area contributed by atoms with Crippen LogP contribution in [0.1, 0.15) is 56.6 Å². The Kier molecular flexibility index (Phi) is 5.93. The van der Waals surface area contributed by atoms with Crippen LogP contribution >= 0.6 is 0 Å². The number of likely N-dealkylation sites (tertiary alicyclic amines) is 1. The molecule has 0 spiro atoms. The van der Waals surface area contributed by atoms with Crippen LogP contribution in [0.15, 0.2) is 24.3 Å². The molecule has 3 aliphatic rings. The zero-order chi connectivity index (χ0) is 17.9. The van der Waals surface area contributed by atoms with Crippen LogP contribution in [-0.2, 0) is 11.3 Å². The van der Waals surface area contributed by atoms with E-state index in [-0.39, 0.29) is 0 Å². The van der Waals surface area contributed by atoms with Crippen LogP contribution < -0.4 is 4.31 Å². The van der Waals surface area contributed by atoms with E-state index in [1.54, 1.807) is 0 Å². The summed E-state index contributed by atoms with van der Waals surface area (Å²) < 4.78 is 25.0. The first-order chi connectivity index (χ1) is 12.7. The molecule has 144 valence electrons. The SMILES string of the molecule is O=S([O-])N(CCN1CCCC1)c1ccc(C2CCC3CCCCN32)cc1. The number of fused-ring (bicyclic) bond motifs is 1. The predicted octanol–water partition coefficient (Wildman–Crippen LogP) is 3.07. The van der Waals surface area contributed by atoms with E-state index in [2.05, 4.69) is 21.9 Å². The fourth-order valence-electron chi connectivity index (χ4n) is 5.01. The van der Waals surface area contributed by atoms with Gasteiger partial charge < -0.3 is 13.8 Å². The largest absolute Gasteiger partial charge is 0.755 e. The van der Waals surface area contributed by atoms with Crippen molar-refractivity contribution < 1.29 is 8.76 Å². The summed E-state index contributed by atoms with van der Waals surface area (Å²) in [5.41, 5.74) is 2.13. The molecule has 3 aliphatic heterocycles. The number of piperidine rings is 1. The van der Waals surface area contributed by atoms with Gasteiger partial charge in [0.25, 0.3) is 0 Å². The fraction of sp³-hybridized carbons (Fsp3) is 0.700. The van der Waals surface area contributed by atoms with Gasteiger partial charge in [-0.25, -0.2) is 0 Å². The van der Waals surface area contributed by atoms with Gasteiger partial charge in [0.05, 0.1) is 0 Å². The first-order valence-corrected chi connectivity index (χ1v) is 11.2. The Labute approximate surface area is 159 Å². The summed E-state index contributed by atoms with van der Waals surface area (Å²) in [5.74, 6) is 0. The molecule has 6 heteroatoms. The lowest BCUT2D eigenvalue weighted by Crippen LogP contribution is -2.36. The van der Waals surface area contributed by atoms with Crippen LogP contribution in [0.5, 0.6) is 0 Å².